The Labute approximate surface area is 133 Å². The first-order valence-corrected chi connectivity index (χ1v) is 6.87. The number of aromatic nitrogens is 3. The molecule has 3 aromatic rings. The predicted molar refractivity (Wildman–Crippen MR) is 81.7 cm³/mol. The zero-order valence-corrected chi connectivity index (χ0v) is 12.5. The van der Waals surface area contributed by atoms with Crippen LogP contribution >= 0.6 is 23.2 Å². The fraction of sp³-hybridized carbons (Fsp3) is 0.0769. The van der Waals surface area contributed by atoms with Crippen LogP contribution in [0.1, 0.15) is 5.69 Å². The van der Waals surface area contributed by atoms with Crippen molar-refractivity contribution in [2.45, 2.75) is 6.54 Å². The number of fused-ring (bicyclic) bond motifs is 1. The highest BCUT2D eigenvalue weighted by atomic mass is 35.5. The number of halogens is 2. The van der Waals surface area contributed by atoms with Gasteiger partial charge in [-0.25, -0.2) is 4.98 Å². The summed E-state index contributed by atoms with van der Waals surface area (Å²) in [5.74, 6) is 0. The van der Waals surface area contributed by atoms with E-state index in [-0.39, 0.29) is 17.8 Å². The normalized spacial score (nSPS) is 11.0. The van der Waals surface area contributed by atoms with Crippen LogP contribution in [0.3, 0.4) is 0 Å². The predicted octanol–water partition coefficient (Wildman–Crippen LogP) is 2.76. The Bertz CT molecular complexity index is 948. The van der Waals surface area contributed by atoms with Crippen LogP contribution in [0, 0.1) is 10.1 Å². The molecule has 0 saturated carbocycles. The highest BCUT2D eigenvalue weighted by molar-refractivity contribution is 6.36. The van der Waals surface area contributed by atoms with E-state index in [1.807, 2.05) is 0 Å². The highest BCUT2D eigenvalue weighted by Gasteiger charge is 2.11. The Morgan fingerprint density at radius 3 is 2.73 bits per heavy atom. The number of rotatable bonds is 3. The molecule has 9 heteroatoms. The number of hydrogen-bond donors (Lipinski definition) is 0. The van der Waals surface area contributed by atoms with Crippen LogP contribution in [0.4, 0.5) is 5.69 Å². The van der Waals surface area contributed by atoms with E-state index in [4.69, 9.17) is 23.2 Å². The summed E-state index contributed by atoms with van der Waals surface area (Å²) in [4.78, 5) is 26.3. The summed E-state index contributed by atoms with van der Waals surface area (Å²) in [7, 11) is 0. The monoisotopic (exact) mass is 338 g/mol. The van der Waals surface area contributed by atoms with Crippen molar-refractivity contribution in [3.05, 3.63) is 73.0 Å². The van der Waals surface area contributed by atoms with Gasteiger partial charge in [0.2, 0.25) is 0 Å². The zero-order chi connectivity index (χ0) is 15.9. The van der Waals surface area contributed by atoms with E-state index in [9.17, 15) is 14.9 Å². The third-order valence-electron chi connectivity index (χ3n) is 3.03. The number of hydrogen-bond acceptors (Lipinski definition) is 4. The van der Waals surface area contributed by atoms with Crippen molar-refractivity contribution >= 4 is 34.5 Å². The topological polar surface area (TPSA) is 82.4 Å². The highest BCUT2D eigenvalue weighted by Crippen LogP contribution is 2.22. The lowest BCUT2D eigenvalue weighted by Crippen LogP contribution is -2.19. The molecule has 0 amide bonds. The van der Waals surface area contributed by atoms with Gasteiger partial charge in [-0.05, 0) is 6.07 Å². The van der Waals surface area contributed by atoms with Crippen molar-refractivity contribution in [2.24, 2.45) is 0 Å². The molecule has 0 radical (unpaired) electrons. The Hall–Kier alpha value is -2.38. The van der Waals surface area contributed by atoms with E-state index >= 15 is 0 Å². The summed E-state index contributed by atoms with van der Waals surface area (Å²) in [5.41, 5.74) is 0.516. The first kappa shape index (κ1) is 14.6. The molecule has 7 nitrogen and oxygen atoms in total. The first-order chi connectivity index (χ1) is 10.4. The molecule has 3 rings (SSSR count). The summed E-state index contributed by atoms with van der Waals surface area (Å²) in [6.07, 6.45) is 4.48. The Morgan fingerprint density at radius 2 is 2.00 bits per heavy atom. The summed E-state index contributed by atoms with van der Waals surface area (Å²) in [5, 5.41) is 11.6. The molecule has 0 spiro atoms. The third-order valence-corrected chi connectivity index (χ3v) is 3.52. The quantitative estimate of drug-likeness (QED) is 0.543. The molecular weight excluding hydrogens is 331 g/mol. The third kappa shape index (κ3) is 2.68. The maximum absolute atomic E-state index is 11.8. The molecule has 112 valence electrons. The fourth-order valence-corrected chi connectivity index (χ4v) is 2.60. The lowest BCUT2D eigenvalue weighted by molar-refractivity contribution is -0.385. The van der Waals surface area contributed by atoms with Gasteiger partial charge in [0.05, 0.1) is 33.4 Å². The lowest BCUT2D eigenvalue weighted by Gasteiger charge is -2.01. The Kier molecular flexibility index (Phi) is 3.59. The van der Waals surface area contributed by atoms with Gasteiger partial charge in [0.15, 0.2) is 5.65 Å². The van der Waals surface area contributed by atoms with E-state index in [0.717, 1.165) is 6.07 Å². The maximum atomic E-state index is 11.8. The average Bonchev–Trinajstić information content (AvgIpc) is 2.83. The molecule has 0 atom stereocenters. The van der Waals surface area contributed by atoms with Gasteiger partial charge in [-0.2, -0.15) is 0 Å². The van der Waals surface area contributed by atoms with E-state index in [0.29, 0.717) is 21.4 Å². The lowest BCUT2D eigenvalue weighted by atomic mass is 10.4. The number of nitrogens with zero attached hydrogens (tertiary/aromatic N) is 4. The summed E-state index contributed by atoms with van der Waals surface area (Å²) in [6.45, 7) is 0.0934. The second-order valence-electron chi connectivity index (χ2n) is 4.58. The number of nitro groups is 1. The van der Waals surface area contributed by atoms with E-state index < -0.39 is 4.92 Å². The minimum atomic E-state index is -0.559. The van der Waals surface area contributed by atoms with Gasteiger partial charge < -0.3 is 8.97 Å². The van der Waals surface area contributed by atoms with E-state index in [1.54, 1.807) is 22.9 Å². The Morgan fingerprint density at radius 1 is 1.23 bits per heavy atom. The molecule has 0 bridgehead atoms. The largest absolute Gasteiger partial charge is 0.304 e. The maximum Gasteiger partial charge on any atom is 0.285 e. The minimum Gasteiger partial charge on any atom is -0.304 e. The van der Waals surface area contributed by atoms with Crippen LogP contribution in [0.15, 0.2) is 41.6 Å². The summed E-state index contributed by atoms with van der Waals surface area (Å²) < 4.78 is 2.86. The van der Waals surface area contributed by atoms with Gasteiger partial charge in [-0.15, -0.1) is 0 Å². The Balaban J connectivity index is 2.03. The molecule has 3 aromatic heterocycles. The van der Waals surface area contributed by atoms with Gasteiger partial charge in [0.25, 0.3) is 11.2 Å². The second kappa shape index (κ2) is 5.43. The smallest absolute Gasteiger partial charge is 0.285 e. The molecule has 0 aromatic carbocycles. The van der Waals surface area contributed by atoms with Crippen molar-refractivity contribution in [1.29, 1.82) is 0 Å². The van der Waals surface area contributed by atoms with Crippen molar-refractivity contribution < 1.29 is 4.92 Å². The number of imidazole rings is 1. The standard InChI is InChI=1S/C13H8Cl2N4O3/c14-8-3-11(15)13-16-9(6-18(13)4-8)5-17-7-10(19(21)22)1-2-12(17)20/h1-4,6-7H,5H2. The molecule has 0 unspecified atom stereocenters. The van der Waals surface area contributed by atoms with Gasteiger partial charge in [0, 0.05) is 24.5 Å². The van der Waals surface area contributed by atoms with Crippen molar-refractivity contribution in [3.63, 3.8) is 0 Å². The first-order valence-electron chi connectivity index (χ1n) is 6.11. The van der Waals surface area contributed by atoms with E-state index in [1.165, 1.54) is 16.8 Å². The van der Waals surface area contributed by atoms with Gasteiger partial charge in [-0.1, -0.05) is 23.2 Å². The molecule has 0 aliphatic carbocycles. The summed E-state index contributed by atoms with van der Waals surface area (Å²) in [6, 6.07) is 3.88. The molecular formula is C13H8Cl2N4O3. The SMILES string of the molecule is O=c1ccc([N+](=O)[O-])cn1Cc1cn2cc(Cl)cc(Cl)c2n1. The molecule has 0 fully saturated rings. The molecule has 0 aliphatic rings. The number of pyridine rings is 2. The average molecular weight is 339 g/mol. The van der Waals surface area contributed by atoms with Crippen molar-refractivity contribution in [2.75, 3.05) is 0 Å². The van der Waals surface area contributed by atoms with Gasteiger partial charge >= 0.3 is 0 Å². The zero-order valence-electron chi connectivity index (χ0n) is 10.9. The van der Waals surface area contributed by atoms with Crippen LogP contribution in [-0.2, 0) is 6.54 Å². The molecule has 0 N–H and O–H groups in total. The van der Waals surface area contributed by atoms with Crippen molar-refractivity contribution in [1.82, 2.24) is 14.0 Å². The van der Waals surface area contributed by atoms with Crippen LogP contribution in [-0.4, -0.2) is 18.9 Å². The van der Waals surface area contributed by atoms with Crippen molar-refractivity contribution in [3.8, 4) is 0 Å². The molecule has 22 heavy (non-hydrogen) atoms. The van der Waals surface area contributed by atoms with E-state index in [2.05, 4.69) is 4.98 Å². The minimum absolute atomic E-state index is 0.0934. The van der Waals surface area contributed by atoms with Crippen LogP contribution in [0.25, 0.3) is 5.65 Å². The van der Waals surface area contributed by atoms with Crippen LogP contribution in [0.5, 0.6) is 0 Å². The van der Waals surface area contributed by atoms with Gasteiger partial charge in [-0.3, -0.25) is 14.9 Å². The van der Waals surface area contributed by atoms with Crippen LogP contribution < -0.4 is 5.56 Å². The summed E-state index contributed by atoms with van der Waals surface area (Å²) >= 11 is 12.0. The van der Waals surface area contributed by atoms with Crippen LogP contribution in [0.2, 0.25) is 10.0 Å². The molecule has 0 aliphatic heterocycles. The molecule has 3 heterocycles. The molecule has 0 saturated heterocycles. The van der Waals surface area contributed by atoms with Gasteiger partial charge in [0.1, 0.15) is 0 Å². The fourth-order valence-electron chi connectivity index (χ4n) is 2.08. The second-order valence-corrected chi connectivity index (χ2v) is 5.42.